The summed E-state index contributed by atoms with van der Waals surface area (Å²) < 4.78 is 18.3. The van der Waals surface area contributed by atoms with Crippen LogP contribution in [-0.4, -0.2) is 11.1 Å². The van der Waals surface area contributed by atoms with E-state index in [1.165, 1.54) is 18.2 Å². The van der Waals surface area contributed by atoms with Gasteiger partial charge in [0.1, 0.15) is 22.6 Å². The number of carbonyl (C=O) groups is 1. The highest BCUT2D eigenvalue weighted by molar-refractivity contribution is 5.84. The van der Waals surface area contributed by atoms with E-state index in [1.54, 1.807) is 19.9 Å². The molecule has 1 aromatic heterocycles. The van der Waals surface area contributed by atoms with E-state index in [9.17, 15) is 9.18 Å². The highest BCUT2D eigenvalue weighted by Gasteiger charge is 2.33. The molecule has 0 atom stereocenters. The van der Waals surface area contributed by atoms with Crippen LogP contribution in [-0.2, 0) is 10.2 Å². The van der Waals surface area contributed by atoms with Gasteiger partial charge in [-0.2, -0.15) is 0 Å². The van der Waals surface area contributed by atoms with Gasteiger partial charge in [0.05, 0.1) is 0 Å². The van der Waals surface area contributed by atoms with Gasteiger partial charge in [0.25, 0.3) is 0 Å². The third-order valence-electron chi connectivity index (χ3n) is 2.63. The molecular formula is C12H11FO3. The first-order valence-corrected chi connectivity index (χ1v) is 4.84. The average Bonchev–Trinajstić information content (AvgIpc) is 2.60. The molecule has 1 heterocycles. The van der Waals surface area contributed by atoms with Gasteiger partial charge in [0, 0.05) is 5.39 Å². The second-order valence-corrected chi connectivity index (χ2v) is 4.22. The molecule has 2 aromatic rings. The van der Waals surface area contributed by atoms with Crippen LogP contribution in [0.15, 0.2) is 28.7 Å². The summed E-state index contributed by atoms with van der Waals surface area (Å²) >= 11 is 0. The van der Waals surface area contributed by atoms with Crippen LogP contribution in [0, 0.1) is 5.82 Å². The van der Waals surface area contributed by atoms with Crippen LogP contribution in [0.1, 0.15) is 19.6 Å². The summed E-state index contributed by atoms with van der Waals surface area (Å²) in [7, 11) is 0. The zero-order chi connectivity index (χ0) is 11.9. The van der Waals surface area contributed by atoms with E-state index < -0.39 is 11.4 Å². The van der Waals surface area contributed by atoms with E-state index in [0.29, 0.717) is 16.7 Å². The van der Waals surface area contributed by atoms with E-state index in [2.05, 4.69) is 0 Å². The number of fused-ring (bicyclic) bond motifs is 1. The summed E-state index contributed by atoms with van der Waals surface area (Å²) in [5.41, 5.74) is -0.624. The maximum atomic E-state index is 12.9. The molecule has 0 spiro atoms. The molecule has 0 aliphatic rings. The van der Waals surface area contributed by atoms with Crippen LogP contribution in [0.3, 0.4) is 0 Å². The molecular weight excluding hydrogens is 211 g/mol. The van der Waals surface area contributed by atoms with Crippen molar-refractivity contribution in [1.82, 2.24) is 0 Å². The van der Waals surface area contributed by atoms with Gasteiger partial charge >= 0.3 is 5.97 Å². The minimum Gasteiger partial charge on any atom is -0.481 e. The van der Waals surface area contributed by atoms with Crippen molar-refractivity contribution in [1.29, 1.82) is 0 Å². The molecule has 0 aliphatic heterocycles. The summed E-state index contributed by atoms with van der Waals surface area (Å²) in [6.45, 7) is 3.09. The Morgan fingerprint density at radius 3 is 2.69 bits per heavy atom. The molecule has 16 heavy (non-hydrogen) atoms. The minimum atomic E-state index is -1.12. The summed E-state index contributed by atoms with van der Waals surface area (Å²) in [6, 6.07) is 5.66. The van der Waals surface area contributed by atoms with Crippen LogP contribution < -0.4 is 0 Å². The van der Waals surface area contributed by atoms with Gasteiger partial charge in [-0.3, -0.25) is 4.79 Å². The smallest absolute Gasteiger partial charge is 0.316 e. The Labute approximate surface area is 91.5 Å². The fourth-order valence-corrected chi connectivity index (χ4v) is 1.43. The number of furan rings is 1. The number of hydrogen-bond acceptors (Lipinski definition) is 2. The van der Waals surface area contributed by atoms with Crippen molar-refractivity contribution < 1.29 is 18.7 Å². The number of carboxylic acids is 1. The lowest BCUT2D eigenvalue weighted by Crippen LogP contribution is -2.27. The minimum absolute atomic E-state index is 0.320. The Morgan fingerprint density at radius 2 is 2.06 bits per heavy atom. The molecule has 84 valence electrons. The predicted molar refractivity (Wildman–Crippen MR) is 56.8 cm³/mol. The molecule has 0 saturated carbocycles. The Hall–Kier alpha value is -1.84. The maximum absolute atomic E-state index is 12.9. The zero-order valence-corrected chi connectivity index (χ0v) is 8.95. The second kappa shape index (κ2) is 3.33. The van der Waals surface area contributed by atoms with Crippen molar-refractivity contribution in [2.45, 2.75) is 19.3 Å². The van der Waals surface area contributed by atoms with Crippen LogP contribution in [0.25, 0.3) is 11.0 Å². The van der Waals surface area contributed by atoms with Gasteiger partial charge in [-0.15, -0.1) is 0 Å². The van der Waals surface area contributed by atoms with Crippen LogP contribution in [0.5, 0.6) is 0 Å². The molecule has 0 fully saturated rings. The molecule has 0 unspecified atom stereocenters. The number of rotatable bonds is 2. The maximum Gasteiger partial charge on any atom is 0.316 e. The van der Waals surface area contributed by atoms with Gasteiger partial charge in [0.15, 0.2) is 0 Å². The van der Waals surface area contributed by atoms with Gasteiger partial charge in [0.2, 0.25) is 0 Å². The number of hydrogen-bond donors (Lipinski definition) is 1. The van der Waals surface area contributed by atoms with E-state index in [1.807, 2.05) is 0 Å². The van der Waals surface area contributed by atoms with Gasteiger partial charge in [-0.05, 0) is 38.1 Å². The van der Waals surface area contributed by atoms with Gasteiger partial charge in [-0.25, -0.2) is 4.39 Å². The normalized spacial score (nSPS) is 11.9. The van der Waals surface area contributed by atoms with Crippen molar-refractivity contribution >= 4 is 16.9 Å². The molecule has 3 nitrogen and oxygen atoms in total. The molecule has 0 radical (unpaired) electrons. The Kier molecular flexibility index (Phi) is 2.22. The van der Waals surface area contributed by atoms with Gasteiger partial charge in [-0.1, -0.05) is 0 Å². The third kappa shape index (κ3) is 1.56. The first-order valence-electron chi connectivity index (χ1n) is 4.84. The van der Waals surface area contributed by atoms with Crippen LogP contribution in [0.2, 0.25) is 0 Å². The monoisotopic (exact) mass is 222 g/mol. The molecule has 1 N–H and O–H groups in total. The lowest BCUT2D eigenvalue weighted by atomic mass is 9.90. The lowest BCUT2D eigenvalue weighted by molar-refractivity contribution is -0.143. The molecule has 4 heteroatoms. The van der Waals surface area contributed by atoms with Crippen LogP contribution in [0.4, 0.5) is 4.39 Å². The van der Waals surface area contributed by atoms with Crippen molar-refractivity contribution in [3.63, 3.8) is 0 Å². The highest BCUT2D eigenvalue weighted by atomic mass is 19.1. The van der Waals surface area contributed by atoms with Crippen molar-refractivity contribution in [3.8, 4) is 0 Å². The number of benzene rings is 1. The summed E-state index contributed by atoms with van der Waals surface area (Å²) in [4.78, 5) is 11.0. The summed E-state index contributed by atoms with van der Waals surface area (Å²) in [5.74, 6) is -1.03. The average molecular weight is 222 g/mol. The highest BCUT2D eigenvalue weighted by Crippen LogP contribution is 2.30. The molecule has 0 amide bonds. The molecule has 0 saturated heterocycles. The zero-order valence-electron chi connectivity index (χ0n) is 8.95. The largest absolute Gasteiger partial charge is 0.481 e. The molecule has 0 bridgehead atoms. The number of carboxylic acid groups (broad SMARTS) is 1. The molecule has 0 aliphatic carbocycles. The Bertz CT molecular complexity index is 554. The Morgan fingerprint density at radius 1 is 1.38 bits per heavy atom. The quantitative estimate of drug-likeness (QED) is 0.849. The summed E-state index contributed by atoms with van der Waals surface area (Å²) in [5, 5.41) is 9.61. The van der Waals surface area contributed by atoms with Crippen molar-refractivity contribution in [3.05, 3.63) is 35.8 Å². The SMILES string of the molecule is CC(C)(C(=O)O)c1cc2cc(F)ccc2o1. The fourth-order valence-electron chi connectivity index (χ4n) is 1.43. The number of halogens is 1. The second-order valence-electron chi connectivity index (χ2n) is 4.22. The number of aliphatic carboxylic acids is 1. The molecule has 1 aromatic carbocycles. The first-order chi connectivity index (χ1) is 7.41. The topological polar surface area (TPSA) is 50.4 Å². The van der Waals surface area contributed by atoms with Crippen molar-refractivity contribution in [2.24, 2.45) is 0 Å². The van der Waals surface area contributed by atoms with Crippen molar-refractivity contribution in [2.75, 3.05) is 0 Å². The van der Waals surface area contributed by atoms with E-state index in [4.69, 9.17) is 9.52 Å². The van der Waals surface area contributed by atoms with E-state index in [0.717, 1.165) is 0 Å². The predicted octanol–water partition coefficient (Wildman–Crippen LogP) is 2.93. The summed E-state index contributed by atoms with van der Waals surface area (Å²) in [6.07, 6.45) is 0. The van der Waals surface area contributed by atoms with E-state index >= 15 is 0 Å². The fraction of sp³-hybridized carbons (Fsp3) is 0.250. The third-order valence-corrected chi connectivity index (χ3v) is 2.63. The Balaban J connectivity index is 2.59. The lowest BCUT2D eigenvalue weighted by Gasteiger charge is -2.15. The van der Waals surface area contributed by atoms with Gasteiger partial charge < -0.3 is 9.52 Å². The molecule has 2 rings (SSSR count). The van der Waals surface area contributed by atoms with Crippen LogP contribution >= 0.6 is 0 Å². The first kappa shape index (κ1) is 10.7. The standard InChI is InChI=1S/C12H11FO3/c1-12(2,11(14)15)10-6-7-5-8(13)3-4-9(7)16-10/h3-6H,1-2H3,(H,14,15). The van der Waals surface area contributed by atoms with E-state index in [-0.39, 0.29) is 5.82 Å².